The first-order chi connectivity index (χ1) is 7.65. The van der Waals surface area contributed by atoms with Gasteiger partial charge < -0.3 is 5.11 Å². The smallest absolute Gasteiger partial charge is 0.317 e. The van der Waals surface area contributed by atoms with Gasteiger partial charge >= 0.3 is 5.97 Å². The first kappa shape index (κ1) is 11.0. The molecule has 5 heteroatoms. The van der Waals surface area contributed by atoms with Gasteiger partial charge in [-0.05, 0) is 25.8 Å². The van der Waals surface area contributed by atoms with E-state index in [-0.39, 0.29) is 6.54 Å². The summed E-state index contributed by atoms with van der Waals surface area (Å²) in [5.41, 5.74) is 0.889. The molecule has 0 saturated heterocycles. The molecule has 1 saturated carbocycles. The molecule has 2 rings (SSSR count). The van der Waals surface area contributed by atoms with E-state index in [9.17, 15) is 4.79 Å². The summed E-state index contributed by atoms with van der Waals surface area (Å²) in [5, 5.41) is 8.82. The van der Waals surface area contributed by atoms with Crippen LogP contribution in [-0.2, 0) is 11.3 Å². The second-order valence-corrected chi connectivity index (χ2v) is 4.13. The predicted octanol–water partition coefficient (Wildman–Crippen LogP) is 0.834. The van der Waals surface area contributed by atoms with Gasteiger partial charge in [-0.3, -0.25) is 9.69 Å². The lowest BCUT2D eigenvalue weighted by Crippen LogP contribution is -2.31. The largest absolute Gasteiger partial charge is 0.480 e. The van der Waals surface area contributed by atoms with E-state index in [0.29, 0.717) is 12.6 Å². The van der Waals surface area contributed by atoms with Crippen LogP contribution in [0.25, 0.3) is 0 Å². The van der Waals surface area contributed by atoms with Gasteiger partial charge in [-0.15, -0.1) is 0 Å². The fourth-order valence-corrected chi connectivity index (χ4v) is 1.73. The van der Waals surface area contributed by atoms with Crippen LogP contribution < -0.4 is 0 Å². The van der Waals surface area contributed by atoms with Gasteiger partial charge in [0.25, 0.3) is 0 Å². The summed E-state index contributed by atoms with van der Waals surface area (Å²) in [6.45, 7) is 2.52. The Kier molecular flexibility index (Phi) is 3.14. The maximum atomic E-state index is 10.7. The molecule has 0 unspecified atom stereocenters. The Morgan fingerprint density at radius 1 is 1.62 bits per heavy atom. The summed E-state index contributed by atoms with van der Waals surface area (Å²) in [6, 6.07) is 2.26. The lowest BCUT2D eigenvalue weighted by atomic mass is 10.3. The van der Waals surface area contributed by atoms with E-state index in [2.05, 4.69) is 9.97 Å². The van der Waals surface area contributed by atoms with E-state index in [1.165, 1.54) is 0 Å². The summed E-state index contributed by atoms with van der Waals surface area (Å²) in [7, 11) is 0. The van der Waals surface area contributed by atoms with Crippen molar-refractivity contribution in [2.45, 2.75) is 32.4 Å². The molecule has 0 spiro atoms. The fraction of sp³-hybridized carbons (Fsp3) is 0.545. The highest BCUT2D eigenvalue weighted by Gasteiger charge is 2.30. The van der Waals surface area contributed by atoms with Gasteiger partial charge in [-0.2, -0.15) is 0 Å². The number of nitrogens with zero attached hydrogens (tertiary/aromatic N) is 3. The van der Waals surface area contributed by atoms with Crippen LogP contribution in [0, 0.1) is 6.92 Å². The molecule has 0 aliphatic heterocycles. The maximum Gasteiger partial charge on any atom is 0.317 e. The number of aromatic nitrogens is 2. The summed E-state index contributed by atoms with van der Waals surface area (Å²) in [4.78, 5) is 21.0. The van der Waals surface area contributed by atoms with Crippen LogP contribution in [0.1, 0.15) is 24.4 Å². The monoisotopic (exact) mass is 221 g/mol. The number of rotatable bonds is 5. The third-order valence-electron chi connectivity index (χ3n) is 2.60. The molecule has 1 aliphatic carbocycles. The zero-order valence-electron chi connectivity index (χ0n) is 9.26. The number of hydrogen-bond donors (Lipinski definition) is 1. The minimum absolute atomic E-state index is 0.0910. The minimum atomic E-state index is -0.780. The average Bonchev–Trinajstić information content (AvgIpc) is 2.99. The van der Waals surface area contributed by atoms with Gasteiger partial charge in [0, 0.05) is 18.8 Å². The van der Waals surface area contributed by atoms with Gasteiger partial charge in [-0.25, -0.2) is 9.97 Å². The van der Waals surface area contributed by atoms with E-state index < -0.39 is 5.97 Å². The fourth-order valence-electron chi connectivity index (χ4n) is 1.73. The number of aliphatic carboxylic acids is 1. The van der Waals surface area contributed by atoms with Crippen molar-refractivity contribution in [3.05, 3.63) is 23.8 Å². The number of aryl methyl sites for hydroxylation is 1. The van der Waals surface area contributed by atoms with Crippen LogP contribution in [0.4, 0.5) is 0 Å². The quantitative estimate of drug-likeness (QED) is 0.797. The van der Waals surface area contributed by atoms with Crippen molar-refractivity contribution >= 4 is 5.97 Å². The minimum Gasteiger partial charge on any atom is -0.480 e. The molecule has 0 aromatic carbocycles. The SMILES string of the molecule is Cc1nccc(CN(CC(=O)O)C2CC2)n1. The van der Waals surface area contributed by atoms with Crippen molar-refractivity contribution in [1.82, 2.24) is 14.9 Å². The molecular formula is C11H15N3O2. The molecule has 1 aromatic rings. The average molecular weight is 221 g/mol. The predicted molar refractivity (Wildman–Crippen MR) is 57.8 cm³/mol. The number of carboxylic acids is 1. The Morgan fingerprint density at radius 2 is 2.38 bits per heavy atom. The Hall–Kier alpha value is -1.49. The third kappa shape index (κ3) is 3.00. The van der Waals surface area contributed by atoms with Gasteiger partial charge in [0.15, 0.2) is 0 Å². The molecule has 5 nitrogen and oxygen atoms in total. The summed E-state index contributed by atoms with van der Waals surface area (Å²) >= 11 is 0. The van der Waals surface area contributed by atoms with Crippen molar-refractivity contribution in [1.29, 1.82) is 0 Å². The van der Waals surface area contributed by atoms with Gasteiger partial charge in [0.2, 0.25) is 0 Å². The normalized spacial score (nSPS) is 15.4. The van der Waals surface area contributed by atoms with Crippen molar-refractivity contribution in [3.8, 4) is 0 Å². The lowest BCUT2D eigenvalue weighted by Gasteiger charge is -2.18. The number of carboxylic acid groups (broad SMARTS) is 1. The van der Waals surface area contributed by atoms with E-state index in [1.54, 1.807) is 6.20 Å². The molecule has 16 heavy (non-hydrogen) atoms. The molecule has 1 aliphatic rings. The zero-order valence-corrected chi connectivity index (χ0v) is 9.26. The van der Waals surface area contributed by atoms with Gasteiger partial charge in [-0.1, -0.05) is 0 Å². The van der Waals surface area contributed by atoms with Crippen molar-refractivity contribution in [3.63, 3.8) is 0 Å². The Labute approximate surface area is 94.1 Å². The van der Waals surface area contributed by atoms with E-state index in [0.717, 1.165) is 24.4 Å². The second-order valence-electron chi connectivity index (χ2n) is 4.13. The first-order valence-electron chi connectivity index (χ1n) is 5.39. The van der Waals surface area contributed by atoms with Crippen LogP contribution in [-0.4, -0.2) is 38.5 Å². The topological polar surface area (TPSA) is 66.3 Å². The van der Waals surface area contributed by atoms with Gasteiger partial charge in [0.05, 0.1) is 12.2 Å². The molecule has 1 aromatic heterocycles. The zero-order chi connectivity index (χ0) is 11.5. The van der Waals surface area contributed by atoms with E-state index >= 15 is 0 Å². The van der Waals surface area contributed by atoms with Crippen LogP contribution in [0.3, 0.4) is 0 Å². The number of carbonyl (C=O) groups is 1. The van der Waals surface area contributed by atoms with E-state index in [1.807, 2.05) is 17.9 Å². The summed E-state index contributed by atoms with van der Waals surface area (Å²) < 4.78 is 0. The third-order valence-corrected chi connectivity index (χ3v) is 2.60. The lowest BCUT2D eigenvalue weighted by molar-refractivity contribution is -0.138. The van der Waals surface area contributed by atoms with Crippen LogP contribution in [0.5, 0.6) is 0 Å². The molecule has 0 radical (unpaired) electrons. The van der Waals surface area contributed by atoms with Crippen LogP contribution >= 0.6 is 0 Å². The van der Waals surface area contributed by atoms with Crippen LogP contribution in [0.2, 0.25) is 0 Å². The molecule has 0 atom stereocenters. The molecule has 0 bridgehead atoms. The molecule has 86 valence electrons. The second kappa shape index (κ2) is 4.57. The summed E-state index contributed by atoms with van der Waals surface area (Å²) in [5.74, 6) is -0.0544. The Bertz CT molecular complexity index is 391. The Balaban J connectivity index is 2.02. The van der Waals surface area contributed by atoms with Crippen molar-refractivity contribution in [2.75, 3.05) is 6.54 Å². The molecule has 0 amide bonds. The van der Waals surface area contributed by atoms with E-state index in [4.69, 9.17) is 5.11 Å². The van der Waals surface area contributed by atoms with Gasteiger partial charge in [0.1, 0.15) is 5.82 Å². The van der Waals surface area contributed by atoms with Crippen molar-refractivity contribution < 1.29 is 9.90 Å². The first-order valence-corrected chi connectivity index (χ1v) is 5.39. The molecular weight excluding hydrogens is 206 g/mol. The van der Waals surface area contributed by atoms with Crippen molar-refractivity contribution in [2.24, 2.45) is 0 Å². The maximum absolute atomic E-state index is 10.7. The summed E-state index contributed by atoms with van der Waals surface area (Å²) in [6.07, 6.45) is 3.90. The number of hydrogen-bond acceptors (Lipinski definition) is 4. The molecule has 1 heterocycles. The standard InChI is InChI=1S/C11H15N3O2/c1-8-12-5-4-9(13-8)6-14(7-11(15)16)10-2-3-10/h4-5,10H,2-3,6-7H2,1H3,(H,15,16). The highest BCUT2D eigenvalue weighted by atomic mass is 16.4. The Morgan fingerprint density at radius 3 is 2.94 bits per heavy atom. The highest BCUT2D eigenvalue weighted by molar-refractivity contribution is 5.69. The molecule has 1 fully saturated rings. The highest BCUT2D eigenvalue weighted by Crippen LogP contribution is 2.27. The van der Waals surface area contributed by atoms with Crippen LogP contribution in [0.15, 0.2) is 12.3 Å². The molecule has 1 N–H and O–H groups in total.